The van der Waals surface area contributed by atoms with Crippen LogP contribution < -0.4 is 0 Å². The third kappa shape index (κ3) is 3.83. The number of hydrogen-bond acceptors (Lipinski definition) is 3. The van der Waals surface area contributed by atoms with Crippen molar-refractivity contribution in [3.8, 4) is 0 Å². The summed E-state index contributed by atoms with van der Waals surface area (Å²) in [6.45, 7) is 4.16. The molecule has 0 amide bonds. The highest BCUT2D eigenvalue weighted by molar-refractivity contribution is 5.20. The lowest BCUT2D eigenvalue weighted by molar-refractivity contribution is -0.00194. The van der Waals surface area contributed by atoms with E-state index in [-0.39, 0.29) is 5.82 Å². The van der Waals surface area contributed by atoms with E-state index in [2.05, 4.69) is 40.1 Å². The zero-order valence-electron chi connectivity index (χ0n) is 15.1. The quantitative estimate of drug-likeness (QED) is 0.885. The van der Waals surface area contributed by atoms with Gasteiger partial charge in [-0.3, -0.25) is 9.80 Å². The van der Waals surface area contributed by atoms with Gasteiger partial charge in [-0.1, -0.05) is 42.5 Å². The van der Waals surface area contributed by atoms with Gasteiger partial charge in [-0.2, -0.15) is 0 Å². The molecule has 0 aliphatic carbocycles. The molecule has 0 radical (unpaired) electrons. The molecule has 2 aliphatic heterocycles. The Balaban J connectivity index is 1.32. The number of halogens is 1. The molecule has 138 valence electrons. The molecule has 3 nitrogen and oxygen atoms in total. The van der Waals surface area contributed by atoms with Crippen LogP contribution in [-0.2, 0) is 0 Å². The molecule has 2 aliphatic rings. The Labute approximate surface area is 155 Å². The van der Waals surface area contributed by atoms with Crippen molar-refractivity contribution in [3.63, 3.8) is 0 Å². The first-order chi connectivity index (χ1) is 12.7. The third-order valence-corrected chi connectivity index (χ3v) is 5.98. The largest absolute Gasteiger partial charge is 0.388 e. The van der Waals surface area contributed by atoms with Crippen molar-refractivity contribution in [1.29, 1.82) is 0 Å². The topological polar surface area (TPSA) is 26.7 Å². The van der Waals surface area contributed by atoms with Gasteiger partial charge in [0.25, 0.3) is 0 Å². The molecule has 4 atom stereocenters. The maximum absolute atomic E-state index is 13.0. The number of piperidine rings is 1. The Morgan fingerprint density at radius 3 is 2.54 bits per heavy atom. The van der Waals surface area contributed by atoms with E-state index >= 15 is 0 Å². The summed E-state index contributed by atoms with van der Waals surface area (Å²) in [5, 5.41) is 10.4. The fourth-order valence-corrected chi connectivity index (χ4v) is 4.49. The second-order valence-electron chi connectivity index (χ2n) is 7.54. The summed E-state index contributed by atoms with van der Waals surface area (Å²) in [4.78, 5) is 5.15. The average molecular weight is 354 g/mol. The summed E-state index contributed by atoms with van der Waals surface area (Å²) >= 11 is 0. The Hall–Kier alpha value is -1.75. The van der Waals surface area contributed by atoms with Crippen molar-refractivity contribution < 1.29 is 9.50 Å². The number of piperazine rings is 1. The summed E-state index contributed by atoms with van der Waals surface area (Å²) < 4.78 is 13.0. The molecule has 2 aromatic rings. The van der Waals surface area contributed by atoms with Crippen LogP contribution in [0.5, 0.6) is 0 Å². The Kier molecular flexibility index (Phi) is 5.34. The van der Waals surface area contributed by atoms with E-state index in [9.17, 15) is 9.50 Å². The van der Waals surface area contributed by atoms with Crippen LogP contribution in [0.3, 0.4) is 0 Å². The molecule has 0 saturated carbocycles. The van der Waals surface area contributed by atoms with Crippen LogP contribution in [0.4, 0.5) is 4.39 Å². The molecule has 0 aromatic heterocycles. The second-order valence-corrected chi connectivity index (χ2v) is 7.54. The van der Waals surface area contributed by atoms with Crippen molar-refractivity contribution in [2.24, 2.45) is 0 Å². The number of nitrogens with zero attached hydrogens (tertiary/aromatic N) is 2. The zero-order valence-corrected chi connectivity index (χ0v) is 15.1. The normalized spacial score (nSPS) is 27.2. The second kappa shape index (κ2) is 7.87. The van der Waals surface area contributed by atoms with Crippen molar-refractivity contribution in [2.75, 3.05) is 26.2 Å². The Bertz CT molecular complexity index is 706. The molecule has 2 aromatic carbocycles. The summed E-state index contributed by atoms with van der Waals surface area (Å²) in [5.74, 6) is -0.257. The smallest absolute Gasteiger partial charge is 0.123 e. The van der Waals surface area contributed by atoms with Gasteiger partial charge in [-0.25, -0.2) is 4.39 Å². The van der Waals surface area contributed by atoms with E-state index in [1.54, 1.807) is 12.1 Å². The molecule has 2 unspecified atom stereocenters. The molecular weight excluding hydrogens is 327 g/mol. The number of rotatable bonds is 5. The maximum atomic E-state index is 13.0. The van der Waals surface area contributed by atoms with Crippen LogP contribution in [0.15, 0.2) is 54.6 Å². The van der Waals surface area contributed by atoms with Gasteiger partial charge in [-0.15, -0.1) is 0 Å². The van der Waals surface area contributed by atoms with Crippen LogP contribution >= 0.6 is 0 Å². The standard InChI is InChI=1S/C22H27FN2O/c23-19-8-6-18(7-9-19)22(26)12-13-24-14-15-25-16-20(24)10-11-21(25)17-4-2-1-3-5-17/h1-9,20-22,26H,10-16H2/t20-,21?,22-/m0/s1. The molecule has 26 heavy (non-hydrogen) atoms. The van der Waals surface area contributed by atoms with E-state index in [0.29, 0.717) is 18.5 Å². The highest BCUT2D eigenvalue weighted by atomic mass is 19.1. The van der Waals surface area contributed by atoms with Crippen LogP contribution in [0.1, 0.15) is 42.5 Å². The minimum absolute atomic E-state index is 0.257. The highest BCUT2D eigenvalue weighted by Crippen LogP contribution is 2.35. The predicted molar refractivity (Wildman–Crippen MR) is 101 cm³/mol. The first-order valence-electron chi connectivity index (χ1n) is 9.67. The molecule has 2 fully saturated rings. The number of fused-ring (bicyclic) bond motifs is 2. The van der Waals surface area contributed by atoms with Gasteiger partial charge in [0, 0.05) is 38.3 Å². The minimum Gasteiger partial charge on any atom is -0.388 e. The number of hydrogen-bond donors (Lipinski definition) is 1. The van der Waals surface area contributed by atoms with E-state index < -0.39 is 6.10 Å². The van der Waals surface area contributed by atoms with Crippen LogP contribution in [-0.4, -0.2) is 47.1 Å². The van der Waals surface area contributed by atoms with Crippen LogP contribution in [0.2, 0.25) is 0 Å². The lowest BCUT2D eigenvalue weighted by atomic mass is 9.90. The van der Waals surface area contributed by atoms with E-state index in [4.69, 9.17) is 0 Å². The molecule has 0 spiro atoms. The summed E-state index contributed by atoms with van der Waals surface area (Å²) in [6.07, 6.45) is 2.59. The average Bonchev–Trinajstić information content (AvgIpc) is 2.69. The van der Waals surface area contributed by atoms with Crippen LogP contribution in [0.25, 0.3) is 0 Å². The van der Waals surface area contributed by atoms with E-state index in [1.807, 2.05) is 0 Å². The Morgan fingerprint density at radius 1 is 1.00 bits per heavy atom. The fraction of sp³-hybridized carbons (Fsp3) is 0.455. The summed E-state index contributed by atoms with van der Waals surface area (Å²) in [7, 11) is 0. The van der Waals surface area contributed by atoms with Gasteiger partial charge in [0.05, 0.1) is 6.10 Å². The number of aliphatic hydroxyl groups excluding tert-OH is 1. The predicted octanol–water partition coefficient (Wildman–Crippen LogP) is 3.77. The van der Waals surface area contributed by atoms with Gasteiger partial charge in [0.2, 0.25) is 0 Å². The van der Waals surface area contributed by atoms with Crippen molar-refractivity contribution >= 4 is 0 Å². The van der Waals surface area contributed by atoms with Crippen molar-refractivity contribution in [3.05, 3.63) is 71.5 Å². The van der Waals surface area contributed by atoms with Crippen LogP contribution in [0, 0.1) is 5.82 Å². The van der Waals surface area contributed by atoms with Gasteiger partial charge in [0.1, 0.15) is 5.82 Å². The van der Waals surface area contributed by atoms with Gasteiger partial charge < -0.3 is 5.11 Å². The molecular formula is C22H27FN2O. The molecule has 4 heteroatoms. The maximum Gasteiger partial charge on any atom is 0.123 e. The van der Waals surface area contributed by atoms with Crippen molar-refractivity contribution in [1.82, 2.24) is 9.80 Å². The first-order valence-corrected chi connectivity index (χ1v) is 9.67. The third-order valence-electron chi connectivity index (χ3n) is 5.98. The lowest BCUT2D eigenvalue weighted by Gasteiger charge is -2.49. The number of benzene rings is 2. The monoisotopic (exact) mass is 354 g/mol. The molecule has 1 N–H and O–H groups in total. The molecule has 2 heterocycles. The first kappa shape index (κ1) is 17.7. The van der Waals surface area contributed by atoms with Gasteiger partial charge in [-0.05, 0) is 42.5 Å². The van der Waals surface area contributed by atoms with E-state index in [0.717, 1.165) is 31.7 Å². The SMILES string of the molecule is O[C@@H](CCN1CCN2C[C@@H]1CCC2c1ccccc1)c1ccc(F)cc1. The fourth-order valence-electron chi connectivity index (χ4n) is 4.49. The number of aliphatic hydroxyl groups is 1. The summed E-state index contributed by atoms with van der Waals surface area (Å²) in [6, 6.07) is 18.2. The van der Waals surface area contributed by atoms with Crippen molar-refractivity contribution in [2.45, 2.75) is 37.5 Å². The van der Waals surface area contributed by atoms with Gasteiger partial charge >= 0.3 is 0 Å². The lowest BCUT2D eigenvalue weighted by Crippen LogP contribution is -2.57. The Morgan fingerprint density at radius 2 is 1.77 bits per heavy atom. The highest BCUT2D eigenvalue weighted by Gasteiger charge is 2.35. The molecule has 2 saturated heterocycles. The molecule has 4 rings (SSSR count). The minimum atomic E-state index is -0.519. The summed E-state index contributed by atoms with van der Waals surface area (Å²) in [5.41, 5.74) is 2.24. The van der Waals surface area contributed by atoms with Gasteiger partial charge in [0.15, 0.2) is 0 Å². The molecule has 2 bridgehead atoms. The van der Waals surface area contributed by atoms with E-state index in [1.165, 1.54) is 30.5 Å². The zero-order chi connectivity index (χ0) is 17.9.